The predicted octanol–water partition coefficient (Wildman–Crippen LogP) is 3.11. The first-order valence-electron chi connectivity index (χ1n) is 7.18. The van der Waals surface area contributed by atoms with Crippen LogP contribution in [-0.2, 0) is 14.8 Å². The van der Waals surface area contributed by atoms with Crippen molar-refractivity contribution in [2.45, 2.75) is 24.8 Å². The third-order valence-corrected chi connectivity index (χ3v) is 5.17. The fourth-order valence-electron chi connectivity index (χ4n) is 2.19. The van der Waals surface area contributed by atoms with Crippen LogP contribution >= 0.6 is 0 Å². The molecule has 1 atom stereocenters. The van der Waals surface area contributed by atoms with Crippen LogP contribution in [-0.4, -0.2) is 22.1 Å². The zero-order valence-electron chi connectivity index (χ0n) is 13.3. The molecule has 0 amide bonds. The number of hydrogen-bond acceptors (Lipinski definition) is 3. The van der Waals surface area contributed by atoms with Gasteiger partial charge in [0.2, 0.25) is 10.0 Å². The summed E-state index contributed by atoms with van der Waals surface area (Å²) in [6.45, 7) is 3.80. The molecule has 0 saturated heterocycles. The number of benzene rings is 2. The van der Waals surface area contributed by atoms with Crippen molar-refractivity contribution in [3.8, 4) is 0 Å². The summed E-state index contributed by atoms with van der Waals surface area (Å²) in [6, 6.07) is 10.9. The molecule has 2 aromatic carbocycles. The van der Waals surface area contributed by atoms with E-state index in [0.29, 0.717) is 5.56 Å². The maximum Gasteiger partial charge on any atom is 0.240 e. The zero-order chi connectivity index (χ0) is 17.0. The summed E-state index contributed by atoms with van der Waals surface area (Å²) in [5.41, 5.74) is 2.51. The van der Waals surface area contributed by atoms with Gasteiger partial charge in [0.1, 0.15) is 5.82 Å². The van der Waals surface area contributed by atoms with Crippen molar-refractivity contribution in [2.75, 3.05) is 13.7 Å². The molecule has 2 aromatic rings. The van der Waals surface area contributed by atoms with Crippen molar-refractivity contribution in [1.82, 2.24) is 4.72 Å². The normalized spacial score (nSPS) is 13.0. The highest BCUT2D eigenvalue weighted by Gasteiger charge is 2.18. The van der Waals surface area contributed by atoms with Gasteiger partial charge in [0.15, 0.2) is 0 Å². The lowest BCUT2D eigenvalue weighted by atomic mass is 10.1. The highest BCUT2D eigenvalue weighted by molar-refractivity contribution is 7.89. The Bertz CT molecular complexity index is 790. The van der Waals surface area contributed by atoms with Gasteiger partial charge in [0.25, 0.3) is 0 Å². The van der Waals surface area contributed by atoms with Crippen LogP contribution in [0.4, 0.5) is 4.39 Å². The van der Waals surface area contributed by atoms with Gasteiger partial charge < -0.3 is 4.74 Å². The molecule has 0 heterocycles. The Hall–Kier alpha value is -1.76. The van der Waals surface area contributed by atoms with Gasteiger partial charge in [-0.05, 0) is 54.8 Å². The van der Waals surface area contributed by atoms with Crippen LogP contribution in [0.2, 0.25) is 0 Å². The van der Waals surface area contributed by atoms with Crippen molar-refractivity contribution in [1.29, 1.82) is 0 Å². The lowest BCUT2D eigenvalue weighted by Gasteiger charge is -2.17. The molecule has 0 radical (unpaired) electrons. The molecular formula is C17H20FNO3S. The molecule has 2 rings (SSSR count). The SMILES string of the molecule is COC(CNS(=O)(=O)c1ccc(C)c(C)c1)c1cccc(F)c1. The lowest BCUT2D eigenvalue weighted by Crippen LogP contribution is -2.29. The molecule has 4 nitrogen and oxygen atoms in total. The largest absolute Gasteiger partial charge is 0.375 e. The van der Waals surface area contributed by atoms with Crippen molar-refractivity contribution in [3.63, 3.8) is 0 Å². The van der Waals surface area contributed by atoms with Crippen molar-refractivity contribution in [2.24, 2.45) is 0 Å². The molecule has 0 saturated carbocycles. The van der Waals surface area contributed by atoms with E-state index in [1.54, 1.807) is 30.3 Å². The number of ether oxygens (including phenoxy) is 1. The fourth-order valence-corrected chi connectivity index (χ4v) is 3.31. The van der Waals surface area contributed by atoms with Crippen LogP contribution in [0.1, 0.15) is 22.8 Å². The molecule has 0 fully saturated rings. The summed E-state index contributed by atoms with van der Waals surface area (Å²) >= 11 is 0. The molecule has 1 N–H and O–H groups in total. The summed E-state index contributed by atoms with van der Waals surface area (Å²) < 4.78 is 45.8. The van der Waals surface area contributed by atoms with Gasteiger partial charge in [-0.15, -0.1) is 0 Å². The minimum absolute atomic E-state index is 0.0230. The van der Waals surface area contributed by atoms with E-state index >= 15 is 0 Å². The lowest BCUT2D eigenvalue weighted by molar-refractivity contribution is 0.107. The fraction of sp³-hybridized carbons (Fsp3) is 0.294. The zero-order valence-corrected chi connectivity index (χ0v) is 14.2. The first kappa shape index (κ1) is 17.6. The van der Waals surface area contributed by atoms with E-state index in [-0.39, 0.29) is 17.3 Å². The number of nitrogens with one attached hydrogen (secondary N) is 1. The Labute approximate surface area is 136 Å². The molecule has 23 heavy (non-hydrogen) atoms. The molecule has 0 spiro atoms. The van der Waals surface area contributed by atoms with Crippen LogP contribution in [0.5, 0.6) is 0 Å². The molecule has 0 aromatic heterocycles. The van der Waals surface area contributed by atoms with E-state index in [1.165, 1.54) is 19.2 Å². The molecule has 0 aliphatic rings. The van der Waals surface area contributed by atoms with E-state index < -0.39 is 16.1 Å². The second kappa shape index (κ2) is 7.21. The van der Waals surface area contributed by atoms with Gasteiger partial charge in [-0.25, -0.2) is 17.5 Å². The number of aryl methyl sites for hydroxylation is 2. The van der Waals surface area contributed by atoms with Gasteiger partial charge in [0, 0.05) is 13.7 Å². The van der Waals surface area contributed by atoms with Gasteiger partial charge >= 0.3 is 0 Å². The minimum atomic E-state index is -3.65. The maximum absolute atomic E-state index is 13.3. The Kier molecular flexibility index (Phi) is 5.51. The van der Waals surface area contributed by atoms with Crippen LogP contribution in [0, 0.1) is 19.7 Å². The summed E-state index contributed by atoms with van der Waals surface area (Å²) in [5, 5.41) is 0. The van der Waals surface area contributed by atoms with Gasteiger partial charge in [-0.2, -0.15) is 0 Å². The Morgan fingerprint density at radius 1 is 1.13 bits per heavy atom. The third-order valence-electron chi connectivity index (χ3n) is 3.75. The summed E-state index contributed by atoms with van der Waals surface area (Å²) in [4.78, 5) is 0.203. The minimum Gasteiger partial charge on any atom is -0.375 e. The first-order chi connectivity index (χ1) is 10.8. The molecule has 6 heteroatoms. The van der Waals surface area contributed by atoms with Crippen LogP contribution in [0.3, 0.4) is 0 Å². The first-order valence-corrected chi connectivity index (χ1v) is 8.67. The topological polar surface area (TPSA) is 55.4 Å². The van der Waals surface area contributed by atoms with Crippen molar-refractivity contribution >= 4 is 10.0 Å². The molecule has 124 valence electrons. The maximum atomic E-state index is 13.3. The average Bonchev–Trinajstić information content (AvgIpc) is 2.50. The second-order valence-corrected chi connectivity index (χ2v) is 7.14. The monoisotopic (exact) mass is 337 g/mol. The average molecular weight is 337 g/mol. The second-order valence-electron chi connectivity index (χ2n) is 5.38. The van der Waals surface area contributed by atoms with Gasteiger partial charge in [0.05, 0.1) is 11.0 Å². The standard InChI is InChI=1S/C17H20FNO3S/c1-12-7-8-16(9-13(12)2)23(20,21)19-11-17(22-3)14-5-4-6-15(18)10-14/h4-10,17,19H,11H2,1-3H3. The number of halogens is 1. The molecular weight excluding hydrogens is 317 g/mol. The Balaban J connectivity index is 2.15. The van der Waals surface area contributed by atoms with Gasteiger partial charge in [-0.1, -0.05) is 18.2 Å². The van der Waals surface area contributed by atoms with E-state index in [1.807, 2.05) is 13.8 Å². The Morgan fingerprint density at radius 2 is 1.87 bits per heavy atom. The summed E-state index contributed by atoms with van der Waals surface area (Å²) in [6.07, 6.45) is -0.563. The van der Waals surface area contributed by atoms with Crippen LogP contribution in [0.25, 0.3) is 0 Å². The van der Waals surface area contributed by atoms with E-state index in [9.17, 15) is 12.8 Å². The highest BCUT2D eigenvalue weighted by atomic mass is 32.2. The number of methoxy groups -OCH3 is 1. The molecule has 0 aliphatic heterocycles. The molecule has 1 unspecified atom stereocenters. The van der Waals surface area contributed by atoms with E-state index in [2.05, 4.69) is 4.72 Å². The number of sulfonamides is 1. The molecule has 0 bridgehead atoms. The molecule has 0 aliphatic carbocycles. The van der Waals surface area contributed by atoms with Crippen LogP contribution in [0.15, 0.2) is 47.4 Å². The van der Waals surface area contributed by atoms with Gasteiger partial charge in [-0.3, -0.25) is 0 Å². The quantitative estimate of drug-likeness (QED) is 0.881. The summed E-state index contributed by atoms with van der Waals surface area (Å²) in [7, 11) is -2.19. The third kappa shape index (κ3) is 4.37. The number of rotatable bonds is 6. The Morgan fingerprint density at radius 3 is 2.48 bits per heavy atom. The van der Waals surface area contributed by atoms with E-state index in [4.69, 9.17) is 4.74 Å². The van der Waals surface area contributed by atoms with Crippen LogP contribution < -0.4 is 4.72 Å². The highest BCUT2D eigenvalue weighted by Crippen LogP contribution is 2.19. The van der Waals surface area contributed by atoms with E-state index in [0.717, 1.165) is 11.1 Å². The smallest absolute Gasteiger partial charge is 0.240 e. The summed E-state index contributed by atoms with van der Waals surface area (Å²) in [5.74, 6) is -0.387. The van der Waals surface area contributed by atoms with Crippen molar-refractivity contribution in [3.05, 3.63) is 65.0 Å². The van der Waals surface area contributed by atoms with Crippen molar-refractivity contribution < 1.29 is 17.5 Å². The number of hydrogen-bond donors (Lipinski definition) is 1. The predicted molar refractivity (Wildman–Crippen MR) is 87.3 cm³/mol.